The van der Waals surface area contributed by atoms with Gasteiger partial charge >= 0.3 is 0 Å². The van der Waals surface area contributed by atoms with E-state index >= 15 is 0 Å². The van der Waals surface area contributed by atoms with Gasteiger partial charge in [-0.05, 0) is 49.6 Å². The Morgan fingerprint density at radius 1 is 1.32 bits per heavy atom. The van der Waals surface area contributed by atoms with Crippen LogP contribution in [0, 0.1) is 23.7 Å². The number of likely N-dealkylation sites (tertiary alicyclic amines) is 1. The average molecular weight is 483 g/mol. The number of nitrogens with zero attached hydrogens (tertiary/aromatic N) is 2. The number of aliphatic hydroxyl groups excluding tert-OH is 1. The molecule has 1 aromatic heterocycles. The van der Waals surface area contributed by atoms with Crippen molar-refractivity contribution in [3.8, 4) is 6.07 Å². The minimum absolute atomic E-state index is 0.170. The van der Waals surface area contributed by atoms with E-state index < -0.39 is 27.6 Å². The molecule has 2 atom stereocenters. The third kappa shape index (κ3) is 3.83. The fourth-order valence-corrected chi connectivity index (χ4v) is 5.72. The van der Waals surface area contributed by atoms with E-state index in [0.717, 1.165) is 0 Å². The Kier molecular flexibility index (Phi) is 5.35. The minimum Gasteiger partial charge on any atom is -0.387 e. The zero-order valence-electron chi connectivity index (χ0n) is 16.7. The van der Waals surface area contributed by atoms with Gasteiger partial charge in [-0.15, -0.1) is 0 Å². The number of aromatic nitrogens is 1. The number of rotatable bonds is 4. The minimum atomic E-state index is -4.05. The summed E-state index contributed by atoms with van der Waals surface area (Å²) in [5, 5.41) is 20.1. The highest BCUT2D eigenvalue weighted by Gasteiger charge is 2.43. The summed E-state index contributed by atoms with van der Waals surface area (Å²) in [4.78, 5) is 17.0. The van der Waals surface area contributed by atoms with Gasteiger partial charge in [-0.1, -0.05) is 23.2 Å². The van der Waals surface area contributed by atoms with Gasteiger partial charge in [0.2, 0.25) is 0 Å². The second-order valence-corrected chi connectivity index (χ2v) is 10.8. The Morgan fingerprint density at radius 3 is 2.61 bits per heavy atom. The molecule has 4 rings (SSSR count). The van der Waals surface area contributed by atoms with E-state index in [0.29, 0.717) is 34.9 Å². The zero-order chi connectivity index (χ0) is 22.7. The van der Waals surface area contributed by atoms with E-state index in [2.05, 4.69) is 15.8 Å². The summed E-state index contributed by atoms with van der Waals surface area (Å²) < 4.78 is 28.4. The summed E-state index contributed by atoms with van der Waals surface area (Å²) in [5.74, 6) is -0.333. The Bertz CT molecular complexity index is 1230. The van der Waals surface area contributed by atoms with Crippen molar-refractivity contribution in [1.82, 2.24) is 14.6 Å². The highest BCUT2D eigenvalue weighted by molar-refractivity contribution is 7.89. The van der Waals surface area contributed by atoms with Gasteiger partial charge in [0.05, 0.1) is 39.2 Å². The van der Waals surface area contributed by atoms with E-state index in [4.69, 9.17) is 28.5 Å². The molecule has 2 aromatic rings. The van der Waals surface area contributed by atoms with E-state index in [-0.39, 0.29) is 27.9 Å². The maximum atomic E-state index is 12.9. The van der Waals surface area contributed by atoms with E-state index in [1.165, 1.54) is 17.0 Å². The fraction of sp³-hybridized carbons (Fsp3) is 0.400. The summed E-state index contributed by atoms with van der Waals surface area (Å²) in [6.45, 7) is 3.97. The van der Waals surface area contributed by atoms with Crippen LogP contribution in [-0.2, 0) is 16.4 Å². The number of carbonyl (C=O) groups is 1. The van der Waals surface area contributed by atoms with Gasteiger partial charge in [0.1, 0.15) is 5.03 Å². The zero-order valence-corrected chi connectivity index (χ0v) is 19.1. The first kappa shape index (κ1) is 22.1. The number of carbonyl (C=O) groups excluding carboxylic acids is 1. The van der Waals surface area contributed by atoms with Crippen molar-refractivity contribution >= 4 is 39.1 Å². The Hall–Kier alpha value is -2.09. The lowest BCUT2D eigenvalue weighted by Crippen LogP contribution is -2.56. The molecule has 0 bridgehead atoms. The standard InChI is InChI=1S/C20H20Cl2N4O4S/c1-10-12(19(28)26-8-20(2,7-23)9-26)6-17(24-10)31(29,30)25-16-4-11-3-14(21)15(22)5-13(11)18(16)27/h3,5-6,16,18,24-25,27H,4,8-9H2,1-2H3/t16-,18-/m0/s1. The van der Waals surface area contributed by atoms with Crippen molar-refractivity contribution in [2.75, 3.05) is 13.1 Å². The van der Waals surface area contributed by atoms with Gasteiger partial charge in [-0.3, -0.25) is 4.79 Å². The molecule has 8 nitrogen and oxygen atoms in total. The number of benzene rings is 1. The summed E-state index contributed by atoms with van der Waals surface area (Å²) in [6.07, 6.45) is -0.833. The highest BCUT2D eigenvalue weighted by Crippen LogP contribution is 2.37. The number of nitrogens with one attached hydrogen (secondary N) is 2. The number of nitriles is 1. The van der Waals surface area contributed by atoms with E-state index in [1.54, 1.807) is 19.9 Å². The highest BCUT2D eigenvalue weighted by atomic mass is 35.5. The van der Waals surface area contributed by atoms with Crippen molar-refractivity contribution in [1.29, 1.82) is 5.26 Å². The molecule has 1 aromatic carbocycles. The maximum Gasteiger partial charge on any atom is 0.256 e. The molecule has 31 heavy (non-hydrogen) atoms. The van der Waals surface area contributed by atoms with Crippen molar-refractivity contribution in [2.24, 2.45) is 5.41 Å². The van der Waals surface area contributed by atoms with Gasteiger partial charge in [0.15, 0.2) is 0 Å². The van der Waals surface area contributed by atoms with Crippen LogP contribution in [0.4, 0.5) is 0 Å². The second-order valence-electron chi connectivity index (χ2n) is 8.35. The number of aromatic amines is 1. The maximum absolute atomic E-state index is 12.9. The first-order chi connectivity index (χ1) is 14.4. The molecular weight excluding hydrogens is 463 g/mol. The number of amides is 1. The molecule has 1 aliphatic heterocycles. The molecular formula is C20H20Cl2N4O4S. The number of H-pyrrole nitrogens is 1. The Labute approximate surface area is 189 Å². The summed E-state index contributed by atoms with van der Waals surface area (Å²) in [6, 6.07) is 5.81. The number of hydrogen-bond acceptors (Lipinski definition) is 5. The van der Waals surface area contributed by atoms with Gasteiger partial charge in [-0.2, -0.15) is 5.26 Å². The summed E-state index contributed by atoms with van der Waals surface area (Å²) in [5.41, 5.74) is 1.31. The molecule has 1 aliphatic carbocycles. The van der Waals surface area contributed by atoms with Gasteiger partial charge in [-0.25, -0.2) is 13.1 Å². The summed E-state index contributed by atoms with van der Waals surface area (Å²) in [7, 11) is -4.05. The lowest BCUT2D eigenvalue weighted by molar-refractivity contribution is 0.0368. The number of hydrogen-bond donors (Lipinski definition) is 3. The van der Waals surface area contributed by atoms with Crippen LogP contribution >= 0.6 is 23.2 Å². The van der Waals surface area contributed by atoms with Gasteiger partial charge < -0.3 is 15.0 Å². The molecule has 0 saturated carbocycles. The number of halogens is 2. The predicted octanol–water partition coefficient (Wildman–Crippen LogP) is 2.55. The molecule has 0 spiro atoms. The molecule has 1 saturated heterocycles. The van der Waals surface area contributed by atoms with Crippen LogP contribution in [0.15, 0.2) is 23.2 Å². The van der Waals surface area contributed by atoms with Crippen LogP contribution in [0.5, 0.6) is 0 Å². The van der Waals surface area contributed by atoms with E-state index in [9.17, 15) is 18.3 Å². The van der Waals surface area contributed by atoms with Crippen LogP contribution in [0.3, 0.4) is 0 Å². The summed E-state index contributed by atoms with van der Waals surface area (Å²) >= 11 is 12.0. The SMILES string of the molecule is Cc1[nH]c(S(=O)(=O)N[C@H]2Cc3cc(Cl)c(Cl)cc3[C@@H]2O)cc1C(=O)N1CC(C)(C#N)C1. The molecule has 2 heterocycles. The average Bonchev–Trinajstić information content (AvgIpc) is 3.20. The predicted molar refractivity (Wildman–Crippen MR) is 114 cm³/mol. The van der Waals surface area contributed by atoms with Crippen LogP contribution < -0.4 is 4.72 Å². The van der Waals surface area contributed by atoms with Gasteiger partial charge in [0.25, 0.3) is 15.9 Å². The first-order valence-corrected chi connectivity index (χ1v) is 11.8. The van der Waals surface area contributed by atoms with Crippen LogP contribution in [0.1, 0.15) is 40.2 Å². The van der Waals surface area contributed by atoms with Gasteiger partial charge in [0, 0.05) is 18.8 Å². The molecule has 11 heteroatoms. The smallest absolute Gasteiger partial charge is 0.256 e. The topological polar surface area (TPSA) is 126 Å². The van der Waals surface area contributed by atoms with Crippen LogP contribution in [-0.4, -0.2) is 48.4 Å². The number of aryl methyl sites for hydroxylation is 1. The molecule has 164 valence electrons. The van der Waals surface area contributed by atoms with Crippen molar-refractivity contribution in [2.45, 2.75) is 37.4 Å². The molecule has 1 amide bonds. The van der Waals surface area contributed by atoms with Crippen molar-refractivity contribution in [3.05, 3.63) is 50.6 Å². The quantitative estimate of drug-likeness (QED) is 0.616. The van der Waals surface area contributed by atoms with Crippen molar-refractivity contribution < 1.29 is 18.3 Å². The Balaban J connectivity index is 1.52. The number of aliphatic hydroxyl groups is 1. The molecule has 3 N–H and O–H groups in total. The number of fused-ring (bicyclic) bond motifs is 1. The normalized spacial score (nSPS) is 22.0. The third-order valence-electron chi connectivity index (χ3n) is 5.78. The lowest BCUT2D eigenvalue weighted by atomic mass is 9.83. The fourth-order valence-electron chi connectivity index (χ4n) is 4.07. The monoisotopic (exact) mass is 482 g/mol. The van der Waals surface area contributed by atoms with E-state index in [1.807, 2.05) is 0 Å². The Morgan fingerprint density at radius 2 is 1.97 bits per heavy atom. The lowest BCUT2D eigenvalue weighted by Gasteiger charge is -2.43. The largest absolute Gasteiger partial charge is 0.387 e. The third-order valence-corrected chi connectivity index (χ3v) is 7.91. The second kappa shape index (κ2) is 7.50. The molecule has 0 radical (unpaired) electrons. The number of sulfonamides is 1. The molecule has 0 unspecified atom stereocenters. The molecule has 2 aliphatic rings. The van der Waals surface area contributed by atoms with Crippen LogP contribution in [0.25, 0.3) is 0 Å². The molecule has 1 fully saturated rings. The first-order valence-electron chi connectivity index (χ1n) is 9.52. The van der Waals surface area contributed by atoms with Crippen molar-refractivity contribution in [3.63, 3.8) is 0 Å². The van der Waals surface area contributed by atoms with Crippen LogP contribution in [0.2, 0.25) is 10.0 Å².